The van der Waals surface area contributed by atoms with Crippen LogP contribution in [0.3, 0.4) is 0 Å². The van der Waals surface area contributed by atoms with Gasteiger partial charge in [-0.1, -0.05) is 29.8 Å². The van der Waals surface area contributed by atoms with Gasteiger partial charge in [-0.2, -0.15) is 0 Å². The van der Waals surface area contributed by atoms with Crippen molar-refractivity contribution in [3.63, 3.8) is 0 Å². The summed E-state index contributed by atoms with van der Waals surface area (Å²) in [4.78, 5) is 0. The first kappa shape index (κ1) is 11.9. The minimum atomic E-state index is 0.0943. The molecule has 2 unspecified atom stereocenters. The molecule has 0 aromatic heterocycles. The van der Waals surface area contributed by atoms with Crippen molar-refractivity contribution in [2.24, 2.45) is 0 Å². The zero-order valence-electron chi connectivity index (χ0n) is 9.23. The maximum Gasteiger partial charge on any atom is 0.0582 e. The summed E-state index contributed by atoms with van der Waals surface area (Å²) in [6.07, 6.45) is 3.38. The Kier molecular flexibility index (Phi) is 4.22. The molecule has 1 aromatic rings. The highest BCUT2D eigenvalue weighted by atomic mass is 35.5. The summed E-state index contributed by atoms with van der Waals surface area (Å²) in [7, 11) is 0. The number of rotatable bonds is 4. The van der Waals surface area contributed by atoms with Crippen LogP contribution in [0.2, 0.25) is 5.02 Å². The summed E-state index contributed by atoms with van der Waals surface area (Å²) < 4.78 is 5.59. The first-order chi connectivity index (χ1) is 7.81. The van der Waals surface area contributed by atoms with E-state index in [1.807, 2.05) is 24.3 Å². The van der Waals surface area contributed by atoms with E-state index < -0.39 is 0 Å². The van der Waals surface area contributed by atoms with Crippen molar-refractivity contribution in [2.75, 3.05) is 13.2 Å². The molecule has 1 heterocycles. The highest BCUT2D eigenvalue weighted by Crippen LogP contribution is 2.30. The Hall–Kier alpha value is -0.570. The molecule has 1 N–H and O–H groups in total. The van der Waals surface area contributed by atoms with E-state index in [1.165, 1.54) is 0 Å². The first-order valence-electron chi connectivity index (χ1n) is 5.78. The lowest BCUT2D eigenvalue weighted by Crippen LogP contribution is -2.14. The van der Waals surface area contributed by atoms with Crippen molar-refractivity contribution < 1.29 is 9.84 Å². The van der Waals surface area contributed by atoms with Crippen LogP contribution in [0, 0.1) is 0 Å². The van der Waals surface area contributed by atoms with Gasteiger partial charge in [0.05, 0.1) is 12.7 Å². The fourth-order valence-corrected chi connectivity index (χ4v) is 2.54. The predicted octanol–water partition coefficient (Wildman–Crippen LogP) is 2.99. The predicted molar refractivity (Wildman–Crippen MR) is 64.9 cm³/mol. The van der Waals surface area contributed by atoms with Gasteiger partial charge in [0.25, 0.3) is 0 Å². The summed E-state index contributed by atoms with van der Waals surface area (Å²) in [5.74, 6) is 0.0943. The molecule has 88 valence electrons. The average molecular weight is 241 g/mol. The molecule has 1 aromatic carbocycles. The SMILES string of the molecule is OCC(CC1CCCO1)c1ccccc1Cl. The Balaban J connectivity index is 2.06. The lowest BCUT2D eigenvalue weighted by atomic mass is 9.93. The van der Waals surface area contributed by atoms with Crippen molar-refractivity contribution >= 4 is 11.6 Å². The number of aliphatic hydroxyl groups excluding tert-OH is 1. The molecule has 2 atom stereocenters. The third-order valence-electron chi connectivity index (χ3n) is 3.14. The normalized spacial score (nSPS) is 22.2. The average Bonchev–Trinajstić information content (AvgIpc) is 2.80. The van der Waals surface area contributed by atoms with Gasteiger partial charge in [0.15, 0.2) is 0 Å². The molecule has 0 spiro atoms. The maximum atomic E-state index is 9.45. The molecule has 1 saturated heterocycles. The van der Waals surface area contributed by atoms with Gasteiger partial charge in [-0.15, -0.1) is 0 Å². The fraction of sp³-hybridized carbons (Fsp3) is 0.538. The van der Waals surface area contributed by atoms with Gasteiger partial charge in [0.1, 0.15) is 0 Å². The van der Waals surface area contributed by atoms with Gasteiger partial charge in [-0.25, -0.2) is 0 Å². The molecule has 1 fully saturated rings. The first-order valence-corrected chi connectivity index (χ1v) is 6.16. The van der Waals surface area contributed by atoms with Crippen molar-refractivity contribution in [1.29, 1.82) is 0 Å². The molecule has 3 heteroatoms. The quantitative estimate of drug-likeness (QED) is 0.877. The molecule has 0 aliphatic carbocycles. The van der Waals surface area contributed by atoms with Crippen LogP contribution in [0.25, 0.3) is 0 Å². The Morgan fingerprint density at radius 3 is 2.88 bits per heavy atom. The highest BCUT2D eigenvalue weighted by Gasteiger charge is 2.22. The molecule has 1 aliphatic rings. The molecule has 1 aliphatic heterocycles. The Morgan fingerprint density at radius 2 is 2.25 bits per heavy atom. The van der Waals surface area contributed by atoms with Crippen LogP contribution in [-0.4, -0.2) is 24.4 Å². The van der Waals surface area contributed by atoms with E-state index in [0.29, 0.717) is 0 Å². The van der Waals surface area contributed by atoms with Gasteiger partial charge >= 0.3 is 0 Å². The van der Waals surface area contributed by atoms with E-state index in [-0.39, 0.29) is 18.6 Å². The van der Waals surface area contributed by atoms with Gasteiger partial charge in [0.2, 0.25) is 0 Å². The van der Waals surface area contributed by atoms with E-state index in [4.69, 9.17) is 16.3 Å². The third-order valence-corrected chi connectivity index (χ3v) is 3.48. The molecule has 16 heavy (non-hydrogen) atoms. The molecule has 2 rings (SSSR count). The summed E-state index contributed by atoms with van der Waals surface area (Å²) in [6, 6.07) is 7.72. The number of hydrogen-bond donors (Lipinski definition) is 1. The van der Waals surface area contributed by atoms with Crippen molar-refractivity contribution in [3.05, 3.63) is 34.9 Å². The largest absolute Gasteiger partial charge is 0.396 e. The highest BCUT2D eigenvalue weighted by molar-refractivity contribution is 6.31. The van der Waals surface area contributed by atoms with Crippen LogP contribution in [0.4, 0.5) is 0 Å². The van der Waals surface area contributed by atoms with Crippen LogP contribution < -0.4 is 0 Å². The Labute approximate surface area is 101 Å². The van der Waals surface area contributed by atoms with E-state index in [1.54, 1.807) is 0 Å². The smallest absolute Gasteiger partial charge is 0.0582 e. The lowest BCUT2D eigenvalue weighted by Gasteiger charge is -2.19. The summed E-state index contributed by atoms with van der Waals surface area (Å²) in [6.45, 7) is 0.981. The van der Waals surface area contributed by atoms with Crippen LogP contribution in [0.1, 0.15) is 30.7 Å². The van der Waals surface area contributed by atoms with Crippen LogP contribution >= 0.6 is 11.6 Å². The van der Waals surface area contributed by atoms with Crippen LogP contribution in [-0.2, 0) is 4.74 Å². The number of benzene rings is 1. The molecule has 0 saturated carbocycles. The van der Waals surface area contributed by atoms with E-state index >= 15 is 0 Å². The van der Waals surface area contributed by atoms with E-state index in [9.17, 15) is 5.11 Å². The molecule has 0 radical (unpaired) electrons. The van der Waals surface area contributed by atoms with E-state index in [2.05, 4.69) is 0 Å². The van der Waals surface area contributed by atoms with Gasteiger partial charge in [-0.05, 0) is 30.9 Å². The minimum absolute atomic E-state index is 0.0943. The van der Waals surface area contributed by atoms with Gasteiger partial charge in [0, 0.05) is 17.5 Å². The number of halogens is 1. The molecule has 0 amide bonds. The number of hydrogen-bond acceptors (Lipinski definition) is 2. The van der Waals surface area contributed by atoms with Crippen molar-refractivity contribution in [3.8, 4) is 0 Å². The fourth-order valence-electron chi connectivity index (χ4n) is 2.25. The summed E-state index contributed by atoms with van der Waals surface area (Å²) >= 11 is 6.13. The zero-order valence-corrected chi connectivity index (χ0v) is 9.99. The van der Waals surface area contributed by atoms with Crippen molar-refractivity contribution in [2.45, 2.75) is 31.3 Å². The maximum absolute atomic E-state index is 9.45. The number of aliphatic hydroxyl groups is 1. The topological polar surface area (TPSA) is 29.5 Å². The Bertz CT molecular complexity index is 334. The van der Waals surface area contributed by atoms with Crippen LogP contribution in [0.15, 0.2) is 24.3 Å². The minimum Gasteiger partial charge on any atom is -0.396 e. The van der Waals surface area contributed by atoms with Crippen LogP contribution in [0.5, 0.6) is 0 Å². The summed E-state index contributed by atoms with van der Waals surface area (Å²) in [5.41, 5.74) is 1.03. The zero-order chi connectivity index (χ0) is 11.4. The lowest BCUT2D eigenvalue weighted by molar-refractivity contribution is 0.0898. The second-order valence-corrected chi connectivity index (χ2v) is 4.68. The summed E-state index contributed by atoms with van der Waals surface area (Å²) in [5, 5.41) is 10.2. The van der Waals surface area contributed by atoms with Crippen molar-refractivity contribution in [1.82, 2.24) is 0 Å². The van der Waals surface area contributed by atoms with Gasteiger partial charge < -0.3 is 9.84 Å². The Morgan fingerprint density at radius 1 is 1.44 bits per heavy atom. The standard InChI is InChI=1S/C13H17ClO2/c14-13-6-2-1-5-12(13)10(9-15)8-11-4-3-7-16-11/h1-2,5-6,10-11,15H,3-4,7-9H2. The van der Waals surface area contributed by atoms with E-state index in [0.717, 1.165) is 36.5 Å². The second kappa shape index (κ2) is 5.67. The van der Waals surface area contributed by atoms with Gasteiger partial charge in [-0.3, -0.25) is 0 Å². The molecular weight excluding hydrogens is 224 g/mol. The second-order valence-electron chi connectivity index (χ2n) is 4.27. The number of ether oxygens (including phenoxy) is 1. The third kappa shape index (κ3) is 2.76. The molecule has 0 bridgehead atoms. The monoisotopic (exact) mass is 240 g/mol. The molecular formula is C13H17ClO2. The molecule has 2 nitrogen and oxygen atoms in total.